The van der Waals surface area contributed by atoms with Gasteiger partial charge in [0, 0.05) is 23.5 Å². The van der Waals surface area contributed by atoms with Crippen LogP contribution in [-0.2, 0) is 6.54 Å². The van der Waals surface area contributed by atoms with Crippen molar-refractivity contribution in [2.45, 2.75) is 13.5 Å². The second-order valence-electron chi connectivity index (χ2n) is 3.11. The third-order valence-corrected chi connectivity index (χ3v) is 2.74. The zero-order valence-electron chi connectivity index (χ0n) is 7.83. The molecule has 1 aromatic carbocycles. The SMILES string of the molecule is CCn1cc(F)c2ccccc2c1=S. The highest BCUT2D eigenvalue weighted by molar-refractivity contribution is 7.71. The van der Waals surface area contributed by atoms with Crippen molar-refractivity contribution in [1.29, 1.82) is 0 Å². The van der Waals surface area contributed by atoms with Gasteiger partial charge in [0.05, 0.1) is 0 Å². The number of rotatable bonds is 1. The first kappa shape index (κ1) is 9.34. The second kappa shape index (κ2) is 3.50. The number of hydrogen-bond acceptors (Lipinski definition) is 1. The van der Waals surface area contributed by atoms with Crippen molar-refractivity contribution in [3.63, 3.8) is 0 Å². The molecule has 0 bridgehead atoms. The van der Waals surface area contributed by atoms with Crippen LogP contribution < -0.4 is 0 Å². The summed E-state index contributed by atoms with van der Waals surface area (Å²) in [6, 6.07) is 7.29. The standard InChI is InChI=1S/C11H10FNS/c1-2-13-7-10(12)8-5-3-4-6-9(8)11(13)14/h3-7H,2H2,1H3. The van der Waals surface area contributed by atoms with Crippen molar-refractivity contribution in [3.05, 3.63) is 40.9 Å². The summed E-state index contributed by atoms with van der Waals surface area (Å²) in [5, 5.41) is 1.41. The number of fused-ring (bicyclic) bond motifs is 1. The van der Waals surface area contributed by atoms with Gasteiger partial charge in [-0.2, -0.15) is 0 Å². The van der Waals surface area contributed by atoms with E-state index in [2.05, 4.69) is 0 Å². The van der Waals surface area contributed by atoms with E-state index in [1.54, 1.807) is 10.6 Å². The van der Waals surface area contributed by atoms with Gasteiger partial charge in [-0.15, -0.1) is 0 Å². The molecule has 1 heterocycles. The Labute approximate surface area is 86.8 Å². The molecule has 0 aliphatic carbocycles. The summed E-state index contributed by atoms with van der Waals surface area (Å²) in [6.45, 7) is 2.64. The lowest BCUT2D eigenvalue weighted by atomic mass is 10.2. The summed E-state index contributed by atoms with van der Waals surface area (Å²) in [4.78, 5) is 0. The molecule has 0 saturated heterocycles. The Morgan fingerprint density at radius 2 is 1.93 bits per heavy atom. The van der Waals surface area contributed by atoms with Crippen LogP contribution in [0.15, 0.2) is 30.5 Å². The van der Waals surface area contributed by atoms with E-state index in [9.17, 15) is 4.39 Å². The van der Waals surface area contributed by atoms with Crippen molar-refractivity contribution in [1.82, 2.24) is 4.57 Å². The van der Waals surface area contributed by atoms with Crippen molar-refractivity contribution in [2.75, 3.05) is 0 Å². The molecule has 1 aromatic heterocycles. The van der Waals surface area contributed by atoms with E-state index in [1.807, 2.05) is 25.1 Å². The highest BCUT2D eigenvalue weighted by atomic mass is 32.1. The van der Waals surface area contributed by atoms with Gasteiger partial charge < -0.3 is 4.57 Å². The minimum absolute atomic E-state index is 0.212. The van der Waals surface area contributed by atoms with E-state index in [-0.39, 0.29) is 5.82 Å². The molecule has 2 aromatic rings. The van der Waals surface area contributed by atoms with Gasteiger partial charge >= 0.3 is 0 Å². The minimum atomic E-state index is -0.212. The lowest BCUT2D eigenvalue weighted by Gasteiger charge is -2.06. The third-order valence-electron chi connectivity index (χ3n) is 2.29. The van der Waals surface area contributed by atoms with Gasteiger partial charge in [-0.1, -0.05) is 36.5 Å². The minimum Gasteiger partial charge on any atom is -0.336 e. The Bertz CT molecular complexity index is 530. The van der Waals surface area contributed by atoms with Gasteiger partial charge in [-0.25, -0.2) is 4.39 Å². The highest BCUT2D eigenvalue weighted by Gasteiger charge is 2.03. The summed E-state index contributed by atoms with van der Waals surface area (Å²) >= 11 is 5.25. The predicted octanol–water partition coefficient (Wildman–Crippen LogP) is 3.53. The van der Waals surface area contributed by atoms with Crippen molar-refractivity contribution in [2.24, 2.45) is 0 Å². The maximum atomic E-state index is 13.5. The molecule has 0 saturated carbocycles. The molecule has 0 N–H and O–H groups in total. The molecular formula is C11H10FNS. The molecular weight excluding hydrogens is 197 g/mol. The van der Waals surface area contributed by atoms with E-state index in [0.717, 1.165) is 5.39 Å². The Morgan fingerprint density at radius 3 is 2.57 bits per heavy atom. The van der Waals surface area contributed by atoms with Crippen LogP contribution in [0.3, 0.4) is 0 Å². The largest absolute Gasteiger partial charge is 0.336 e. The number of benzene rings is 1. The predicted molar refractivity (Wildman–Crippen MR) is 58.4 cm³/mol. The molecule has 0 aliphatic heterocycles. The Kier molecular flexibility index (Phi) is 2.33. The average Bonchev–Trinajstić information content (AvgIpc) is 2.23. The van der Waals surface area contributed by atoms with E-state index < -0.39 is 0 Å². The highest BCUT2D eigenvalue weighted by Crippen LogP contribution is 2.18. The molecule has 14 heavy (non-hydrogen) atoms. The van der Waals surface area contributed by atoms with Crippen LogP contribution in [0.5, 0.6) is 0 Å². The molecule has 0 unspecified atom stereocenters. The summed E-state index contributed by atoms with van der Waals surface area (Å²) < 4.78 is 16.0. The summed E-state index contributed by atoms with van der Waals surface area (Å²) in [7, 11) is 0. The monoisotopic (exact) mass is 207 g/mol. The Balaban J connectivity index is 2.95. The number of nitrogens with zero attached hydrogens (tertiary/aromatic N) is 1. The van der Waals surface area contributed by atoms with E-state index in [4.69, 9.17) is 12.2 Å². The zero-order chi connectivity index (χ0) is 10.1. The van der Waals surface area contributed by atoms with Crippen LogP contribution in [0.1, 0.15) is 6.92 Å². The average molecular weight is 207 g/mol. The Hall–Kier alpha value is -1.22. The first-order valence-electron chi connectivity index (χ1n) is 4.51. The van der Waals surface area contributed by atoms with Gasteiger partial charge in [0.2, 0.25) is 0 Å². The van der Waals surface area contributed by atoms with Gasteiger partial charge in [0.25, 0.3) is 0 Å². The summed E-state index contributed by atoms with van der Waals surface area (Å²) in [6.07, 6.45) is 1.46. The Morgan fingerprint density at radius 1 is 1.29 bits per heavy atom. The molecule has 0 fully saturated rings. The van der Waals surface area contributed by atoms with Gasteiger partial charge in [0.1, 0.15) is 10.5 Å². The zero-order valence-corrected chi connectivity index (χ0v) is 8.64. The number of hydrogen-bond donors (Lipinski definition) is 0. The van der Waals surface area contributed by atoms with Crippen LogP contribution >= 0.6 is 12.2 Å². The van der Waals surface area contributed by atoms with Crippen molar-refractivity contribution >= 4 is 23.0 Å². The number of aryl methyl sites for hydroxylation is 1. The normalized spacial score (nSPS) is 10.7. The van der Waals surface area contributed by atoms with E-state index >= 15 is 0 Å². The molecule has 0 aliphatic rings. The van der Waals surface area contributed by atoms with Gasteiger partial charge in [-0.05, 0) is 6.92 Å². The van der Waals surface area contributed by atoms with Crippen molar-refractivity contribution < 1.29 is 4.39 Å². The fourth-order valence-corrected chi connectivity index (χ4v) is 1.89. The van der Waals surface area contributed by atoms with Gasteiger partial charge in [0.15, 0.2) is 0 Å². The van der Waals surface area contributed by atoms with Crippen LogP contribution in [0.2, 0.25) is 0 Å². The fourth-order valence-electron chi connectivity index (χ4n) is 1.53. The fraction of sp³-hybridized carbons (Fsp3) is 0.182. The molecule has 0 amide bonds. The molecule has 3 heteroatoms. The lowest BCUT2D eigenvalue weighted by Crippen LogP contribution is -1.99. The molecule has 2 rings (SSSR count). The maximum absolute atomic E-state index is 13.5. The summed E-state index contributed by atoms with van der Waals surface area (Å²) in [5.41, 5.74) is 0. The molecule has 72 valence electrons. The molecule has 0 spiro atoms. The quantitative estimate of drug-likeness (QED) is 0.647. The second-order valence-corrected chi connectivity index (χ2v) is 3.50. The van der Waals surface area contributed by atoms with Crippen LogP contribution in [0.4, 0.5) is 4.39 Å². The summed E-state index contributed by atoms with van der Waals surface area (Å²) in [5.74, 6) is -0.212. The van der Waals surface area contributed by atoms with Crippen LogP contribution in [-0.4, -0.2) is 4.57 Å². The van der Waals surface area contributed by atoms with Crippen LogP contribution in [0, 0.1) is 10.5 Å². The number of halogens is 1. The number of pyridine rings is 1. The van der Waals surface area contributed by atoms with Crippen molar-refractivity contribution in [3.8, 4) is 0 Å². The first-order valence-corrected chi connectivity index (χ1v) is 4.92. The number of aromatic nitrogens is 1. The topological polar surface area (TPSA) is 4.93 Å². The molecule has 1 nitrogen and oxygen atoms in total. The molecule has 0 radical (unpaired) electrons. The van der Waals surface area contributed by atoms with Gasteiger partial charge in [-0.3, -0.25) is 0 Å². The lowest BCUT2D eigenvalue weighted by molar-refractivity contribution is 0.608. The van der Waals surface area contributed by atoms with E-state index in [0.29, 0.717) is 16.6 Å². The van der Waals surface area contributed by atoms with Crippen LogP contribution in [0.25, 0.3) is 10.8 Å². The molecule has 0 atom stereocenters. The first-order chi connectivity index (χ1) is 6.74. The van der Waals surface area contributed by atoms with E-state index in [1.165, 1.54) is 6.20 Å². The third kappa shape index (κ3) is 1.34. The maximum Gasteiger partial charge on any atom is 0.147 e. The smallest absolute Gasteiger partial charge is 0.147 e.